The van der Waals surface area contributed by atoms with E-state index >= 15 is 0 Å². The number of hydrogen-bond donors (Lipinski definition) is 0. The van der Waals surface area contributed by atoms with Crippen molar-refractivity contribution in [2.24, 2.45) is 0 Å². The predicted octanol–water partition coefficient (Wildman–Crippen LogP) is 4.10. The summed E-state index contributed by atoms with van der Waals surface area (Å²) in [6, 6.07) is 19.8. The van der Waals surface area contributed by atoms with E-state index in [4.69, 9.17) is 4.74 Å². The van der Waals surface area contributed by atoms with E-state index in [0.29, 0.717) is 22.7 Å². The number of halogens is 1. The van der Waals surface area contributed by atoms with Crippen LogP contribution in [0.1, 0.15) is 11.1 Å². The lowest BCUT2D eigenvalue weighted by Crippen LogP contribution is -2.02. The Labute approximate surface area is 153 Å². The molecule has 0 spiro atoms. The molecule has 1 heterocycles. The van der Waals surface area contributed by atoms with Crippen LogP contribution < -0.4 is 4.74 Å². The first-order valence-electron chi connectivity index (χ1n) is 7.92. The molecule has 27 heavy (non-hydrogen) atoms. The predicted molar refractivity (Wildman–Crippen MR) is 94.8 cm³/mol. The highest BCUT2D eigenvalue weighted by atomic mass is 19.1. The number of nitrogens with zero attached hydrogens (tertiary/aromatic N) is 5. The minimum Gasteiger partial charge on any atom is -0.455 e. The lowest BCUT2D eigenvalue weighted by molar-refractivity contribution is 0.476. The van der Waals surface area contributed by atoms with Gasteiger partial charge in [-0.05, 0) is 42.5 Å². The van der Waals surface area contributed by atoms with E-state index in [2.05, 4.69) is 10.3 Å². The largest absolute Gasteiger partial charge is 0.455 e. The molecular weight excluding hydrogens is 345 g/mol. The third-order valence-corrected chi connectivity index (χ3v) is 3.96. The Morgan fingerprint density at radius 2 is 1.63 bits per heavy atom. The first kappa shape index (κ1) is 16.2. The van der Waals surface area contributed by atoms with Gasteiger partial charge in [0.05, 0.1) is 16.6 Å². The summed E-state index contributed by atoms with van der Waals surface area (Å²) in [6.45, 7) is 0. The van der Waals surface area contributed by atoms with Crippen molar-refractivity contribution in [3.05, 3.63) is 77.6 Å². The molecule has 0 aliphatic carbocycles. The first-order chi connectivity index (χ1) is 13.2. The molecule has 6 nitrogen and oxygen atoms in total. The molecular formula is C20H10FN5O. The van der Waals surface area contributed by atoms with Gasteiger partial charge in [-0.3, -0.25) is 0 Å². The van der Waals surface area contributed by atoms with Gasteiger partial charge in [-0.1, -0.05) is 17.3 Å². The average molecular weight is 355 g/mol. The third-order valence-electron chi connectivity index (χ3n) is 3.96. The van der Waals surface area contributed by atoms with Gasteiger partial charge in [0, 0.05) is 6.07 Å². The van der Waals surface area contributed by atoms with Crippen molar-refractivity contribution in [2.75, 3.05) is 0 Å². The van der Waals surface area contributed by atoms with Crippen LogP contribution in [-0.2, 0) is 0 Å². The van der Waals surface area contributed by atoms with E-state index in [1.165, 1.54) is 41.1 Å². The summed E-state index contributed by atoms with van der Waals surface area (Å²) in [5, 5.41) is 27.0. The number of rotatable bonds is 3. The van der Waals surface area contributed by atoms with Crippen LogP contribution in [0.2, 0.25) is 0 Å². The smallest absolute Gasteiger partial charge is 0.154 e. The van der Waals surface area contributed by atoms with Crippen molar-refractivity contribution in [2.45, 2.75) is 0 Å². The van der Waals surface area contributed by atoms with Crippen LogP contribution in [-0.4, -0.2) is 15.0 Å². The van der Waals surface area contributed by atoms with Crippen LogP contribution in [0, 0.1) is 28.5 Å². The molecule has 0 saturated carbocycles. The molecule has 0 radical (unpaired) electrons. The second-order valence-corrected chi connectivity index (χ2v) is 5.64. The van der Waals surface area contributed by atoms with Crippen LogP contribution >= 0.6 is 0 Å². The topological polar surface area (TPSA) is 87.5 Å². The zero-order chi connectivity index (χ0) is 18.8. The monoisotopic (exact) mass is 355 g/mol. The van der Waals surface area contributed by atoms with Crippen LogP contribution in [0.25, 0.3) is 16.7 Å². The van der Waals surface area contributed by atoms with E-state index in [0.717, 1.165) is 5.52 Å². The van der Waals surface area contributed by atoms with E-state index in [1.54, 1.807) is 0 Å². The van der Waals surface area contributed by atoms with Crippen LogP contribution in [0.15, 0.2) is 60.7 Å². The fraction of sp³-hybridized carbons (Fsp3) is 0. The van der Waals surface area contributed by atoms with Gasteiger partial charge in [-0.25, -0.2) is 9.07 Å². The van der Waals surface area contributed by atoms with Crippen LogP contribution in [0.5, 0.6) is 11.5 Å². The number of aromatic nitrogens is 3. The molecule has 4 aromatic rings. The molecule has 0 saturated heterocycles. The second kappa shape index (κ2) is 6.58. The van der Waals surface area contributed by atoms with Crippen molar-refractivity contribution in [1.29, 1.82) is 10.5 Å². The van der Waals surface area contributed by atoms with Gasteiger partial charge < -0.3 is 4.74 Å². The highest BCUT2D eigenvalue weighted by molar-refractivity contribution is 5.77. The fourth-order valence-electron chi connectivity index (χ4n) is 2.68. The van der Waals surface area contributed by atoms with Gasteiger partial charge in [-0.15, -0.1) is 5.10 Å². The number of benzene rings is 3. The Morgan fingerprint density at radius 1 is 0.926 bits per heavy atom. The quantitative estimate of drug-likeness (QED) is 0.552. The molecule has 0 unspecified atom stereocenters. The van der Waals surface area contributed by atoms with Crippen molar-refractivity contribution < 1.29 is 9.13 Å². The van der Waals surface area contributed by atoms with Gasteiger partial charge in [0.15, 0.2) is 5.75 Å². The highest BCUT2D eigenvalue weighted by Crippen LogP contribution is 2.32. The fourth-order valence-corrected chi connectivity index (χ4v) is 2.68. The molecule has 0 amide bonds. The number of para-hydroxylation sites is 1. The number of hydrogen-bond acceptors (Lipinski definition) is 5. The minimum atomic E-state index is -0.387. The van der Waals surface area contributed by atoms with Gasteiger partial charge >= 0.3 is 0 Å². The zero-order valence-corrected chi connectivity index (χ0v) is 13.8. The van der Waals surface area contributed by atoms with Crippen molar-refractivity contribution in [1.82, 2.24) is 15.0 Å². The Kier molecular flexibility index (Phi) is 3.96. The summed E-state index contributed by atoms with van der Waals surface area (Å²) < 4.78 is 20.6. The van der Waals surface area contributed by atoms with Crippen LogP contribution in [0.4, 0.5) is 4.39 Å². The third kappa shape index (κ3) is 2.94. The molecule has 1 aromatic heterocycles. The summed E-state index contributed by atoms with van der Waals surface area (Å²) in [5.41, 5.74) is 2.20. The van der Waals surface area contributed by atoms with Crippen molar-refractivity contribution in [3.63, 3.8) is 0 Å². The molecule has 4 rings (SSSR count). The molecule has 0 N–H and O–H groups in total. The van der Waals surface area contributed by atoms with E-state index in [-0.39, 0.29) is 16.9 Å². The lowest BCUT2D eigenvalue weighted by atomic mass is 10.1. The summed E-state index contributed by atoms with van der Waals surface area (Å²) in [7, 11) is 0. The van der Waals surface area contributed by atoms with E-state index in [1.807, 2.05) is 36.4 Å². The number of nitriles is 2. The molecule has 0 aliphatic heterocycles. The Hall–Kier alpha value is -4.23. The lowest BCUT2D eigenvalue weighted by Gasteiger charge is -2.13. The van der Waals surface area contributed by atoms with Gasteiger partial charge in [0.1, 0.15) is 34.9 Å². The Bertz CT molecular complexity index is 1230. The van der Waals surface area contributed by atoms with E-state index in [9.17, 15) is 14.9 Å². The zero-order valence-electron chi connectivity index (χ0n) is 13.8. The second-order valence-electron chi connectivity index (χ2n) is 5.64. The first-order valence-corrected chi connectivity index (χ1v) is 7.92. The summed E-state index contributed by atoms with van der Waals surface area (Å²) in [5.74, 6) is 0.297. The summed E-state index contributed by atoms with van der Waals surface area (Å²) in [6.07, 6.45) is 0. The SMILES string of the molecule is N#Cc1cc(Oc2ccc(F)cc2)c(-n2nnc3ccccc32)cc1C#N. The molecule has 3 aromatic carbocycles. The van der Waals surface area contributed by atoms with Gasteiger partial charge in [-0.2, -0.15) is 10.5 Å². The van der Waals surface area contributed by atoms with Crippen molar-refractivity contribution in [3.8, 4) is 29.3 Å². The Morgan fingerprint density at radius 3 is 2.37 bits per heavy atom. The molecule has 0 bridgehead atoms. The van der Waals surface area contributed by atoms with Crippen molar-refractivity contribution >= 4 is 11.0 Å². The van der Waals surface area contributed by atoms with Gasteiger partial charge in [0.2, 0.25) is 0 Å². The Balaban J connectivity index is 1.92. The molecule has 0 aliphatic rings. The maximum absolute atomic E-state index is 13.2. The maximum Gasteiger partial charge on any atom is 0.154 e. The van der Waals surface area contributed by atoms with Gasteiger partial charge in [0.25, 0.3) is 0 Å². The minimum absolute atomic E-state index is 0.169. The molecule has 0 fully saturated rings. The normalized spacial score (nSPS) is 10.3. The van der Waals surface area contributed by atoms with E-state index < -0.39 is 0 Å². The highest BCUT2D eigenvalue weighted by Gasteiger charge is 2.16. The molecule has 7 heteroatoms. The molecule has 128 valence electrons. The maximum atomic E-state index is 13.2. The molecule has 0 atom stereocenters. The summed E-state index contributed by atoms with van der Waals surface area (Å²) in [4.78, 5) is 0. The van der Waals surface area contributed by atoms with Crippen LogP contribution in [0.3, 0.4) is 0 Å². The summed E-state index contributed by atoms with van der Waals surface area (Å²) >= 11 is 0. The average Bonchev–Trinajstić information content (AvgIpc) is 3.13. The number of fused-ring (bicyclic) bond motifs is 1. The standard InChI is InChI=1S/C20H10FN5O/c21-15-5-7-16(8-6-15)27-20-10-14(12-23)13(11-22)9-19(20)26-18-4-2-1-3-17(18)24-25-26/h1-10H. The number of ether oxygens (including phenoxy) is 1.